The zero-order valence-corrected chi connectivity index (χ0v) is 9.54. The molecule has 98 valence electrons. The molecule has 0 aliphatic heterocycles. The highest BCUT2D eigenvalue weighted by Gasteiger charge is 2.35. The van der Waals surface area contributed by atoms with Crippen molar-refractivity contribution in [3.8, 4) is 11.8 Å². The molecule has 0 saturated carbocycles. The first kappa shape index (κ1) is 13.0. The summed E-state index contributed by atoms with van der Waals surface area (Å²) in [6.45, 7) is 0. The van der Waals surface area contributed by atoms with E-state index in [4.69, 9.17) is 10.00 Å². The predicted molar refractivity (Wildman–Crippen MR) is 58.8 cm³/mol. The zero-order chi connectivity index (χ0) is 14.2. The van der Waals surface area contributed by atoms with E-state index in [1.54, 1.807) is 6.07 Å². The molecule has 0 atom stereocenters. The van der Waals surface area contributed by atoms with E-state index in [2.05, 4.69) is 4.42 Å². The van der Waals surface area contributed by atoms with Gasteiger partial charge in [-0.05, 0) is 12.1 Å². The van der Waals surface area contributed by atoms with Crippen LogP contribution in [0.1, 0.15) is 11.3 Å². The van der Waals surface area contributed by atoms with Crippen LogP contribution in [-0.4, -0.2) is 7.11 Å². The van der Waals surface area contributed by atoms with Crippen LogP contribution in [0, 0.1) is 11.3 Å². The summed E-state index contributed by atoms with van der Waals surface area (Å²) >= 11 is 0. The van der Waals surface area contributed by atoms with Crippen molar-refractivity contribution in [2.75, 3.05) is 7.11 Å². The summed E-state index contributed by atoms with van der Waals surface area (Å²) in [7, 11) is 1.29. The van der Waals surface area contributed by atoms with E-state index in [-0.39, 0.29) is 22.3 Å². The van der Waals surface area contributed by atoms with Gasteiger partial charge in [-0.3, -0.25) is 4.79 Å². The highest BCUT2D eigenvalue weighted by molar-refractivity contribution is 5.85. The second kappa shape index (κ2) is 4.31. The largest absolute Gasteiger partial charge is 0.495 e. The molecule has 1 heterocycles. The Morgan fingerprint density at radius 3 is 2.58 bits per heavy atom. The Hall–Kier alpha value is -2.49. The lowest BCUT2D eigenvalue weighted by Crippen LogP contribution is -2.12. The molecule has 4 nitrogen and oxygen atoms in total. The van der Waals surface area contributed by atoms with Gasteiger partial charge in [-0.1, -0.05) is 0 Å². The van der Waals surface area contributed by atoms with Crippen LogP contribution in [0.2, 0.25) is 0 Å². The highest BCUT2D eigenvalue weighted by atomic mass is 19.4. The highest BCUT2D eigenvalue weighted by Crippen LogP contribution is 2.32. The van der Waals surface area contributed by atoms with Crippen LogP contribution >= 0.6 is 0 Å². The molecule has 2 rings (SSSR count). The van der Waals surface area contributed by atoms with Crippen molar-refractivity contribution in [2.24, 2.45) is 0 Å². The molecule has 0 spiro atoms. The number of nitrogens with zero attached hydrogens (tertiary/aromatic N) is 1. The lowest BCUT2D eigenvalue weighted by Gasteiger charge is -2.08. The third-order valence-corrected chi connectivity index (χ3v) is 2.47. The van der Waals surface area contributed by atoms with E-state index in [0.717, 1.165) is 6.07 Å². The molecule has 0 saturated heterocycles. The summed E-state index contributed by atoms with van der Waals surface area (Å²) in [5, 5.41) is 8.74. The van der Waals surface area contributed by atoms with Gasteiger partial charge in [0.05, 0.1) is 12.5 Å². The van der Waals surface area contributed by atoms with Gasteiger partial charge in [0.25, 0.3) is 0 Å². The van der Waals surface area contributed by atoms with Gasteiger partial charge in [-0.15, -0.1) is 0 Å². The molecule has 0 aliphatic rings. The lowest BCUT2D eigenvalue weighted by atomic mass is 10.1. The summed E-state index contributed by atoms with van der Waals surface area (Å²) in [5.41, 5.74) is -1.40. The molecular weight excluding hydrogens is 263 g/mol. The van der Waals surface area contributed by atoms with Gasteiger partial charge in [-0.25, -0.2) is 0 Å². The minimum Gasteiger partial charge on any atom is -0.495 e. The fourth-order valence-corrected chi connectivity index (χ4v) is 1.65. The Morgan fingerprint density at radius 1 is 1.37 bits per heavy atom. The standard InChI is InChI=1S/C12H6F3NO3/c1-18-8-2-3-9-11(6(8)5-16)7(17)4-10(19-9)12(13,14)15/h2-4H,1H3. The van der Waals surface area contributed by atoms with E-state index in [9.17, 15) is 18.0 Å². The van der Waals surface area contributed by atoms with E-state index in [1.165, 1.54) is 13.2 Å². The predicted octanol–water partition coefficient (Wildman–Crippen LogP) is 2.69. The number of benzene rings is 1. The number of fused-ring (bicyclic) bond motifs is 1. The average molecular weight is 269 g/mol. The first-order valence-corrected chi connectivity index (χ1v) is 5.00. The summed E-state index contributed by atoms with van der Waals surface area (Å²) in [6.07, 6.45) is -4.76. The number of hydrogen-bond acceptors (Lipinski definition) is 4. The number of methoxy groups -OCH3 is 1. The van der Waals surface area contributed by atoms with Crippen molar-refractivity contribution in [1.29, 1.82) is 5.26 Å². The van der Waals surface area contributed by atoms with E-state index >= 15 is 0 Å². The van der Waals surface area contributed by atoms with Crippen LogP contribution in [0.5, 0.6) is 5.75 Å². The van der Waals surface area contributed by atoms with Crippen LogP contribution in [0.4, 0.5) is 13.2 Å². The lowest BCUT2D eigenvalue weighted by molar-refractivity contribution is -0.152. The smallest absolute Gasteiger partial charge is 0.449 e. The van der Waals surface area contributed by atoms with Gasteiger partial charge in [0.2, 0.25) is 5.76 Å². The Balaban J connectivity index is 2.89. The molecule has 0 fully saturated rings. The molecule has 0 aliphatic carbocycles. The van der Waals surface area contributed by atoms with Gasteiger partial charge in [0.1, 0.15) is 23.0 Å². The molecule has 19 heavy (non-hydrogen) atoms. The molecule has 0 radical (unpaired) electrons. The fourth-order valence-electron chi connectivity index (χ4n) is 1.65. The van der Waals surface area contributed by atoms with Crippen molar-refractivity contribution in [2.45, 2.75) is 6.18 Å². The Labute approximate surface area is 104 Å². The van der Waals surface area contributed by atoms with Crippen molar-refractivity contribution >= 4 is 11.0 Å². The van der Waals surface area contributed by atoms with E-state index < -0.39 is 17.4 Å². The molecule has 0 N–H and O–H groups in total. The number of hydrogen-bond donors (Lipinski definition) is 0. The molecule has 2 aromatic rings. The average Bonchev–Trinajstić information content (AvgIpc) is 2.36. The topological polar surface area (TPSA) is 63.2 Å². The maximum Gasteiger partial charge on any atom is 0.449 e. The third kappa shape index (κ3) is 2.12. The van der Waals surface area contributed by atoms with Crippen molar-refractivity contribution in [3.05, 3.63) is 39.7 Å². The van der Waals surface area contributed by atoms with Crippen molar-refractivity contribution in [1.82, 2.24) is 0 Å². The van der Waals surface area contributed by atoms with Crippen LogP contribution in [0.15, 0.2) is 27.4 Å². The molecule has 1 aromatic carbocycles. The molecule has 0 bridgehead atoms. The summed E-state index contributed by atoms with van der Waals surface area (Å²) < 4.78 is 47.0. The maximum absolute atomic E-state index is 12.5. The Morgan fingerprint density at radius 2 is 2.05 bits per heavy atom. The molecule has 7 heteroatoms. The minimum absolute atomic E-state index is 0.0991. The number of halogens is 3. The number of rotatable bonds is 1. The molecular formula is C12H6F3NO3. The Bertz CT molecular complexity index is 741. The first-order chi connectivity index (χ1) is 8.88. The SMILES string of the molecule is COc1ccc2oc(C(F)(F)F)cc(=O)c2c1C#N. The zero-order valence-electron chi connectivity index (χ0n) is 9.54. The molecule has 1 aromatic heterocycles. The van der Waals surface area contributed by atoms with Crippen molar-refractivity contribution < 1.29 is 22.3 Å². The summed E-state index contributed by atoms with van der Waals surface area (Å²) in [5.74, 6) is -1.30. The van der Waals surface area contributed by atoms with E-state index in [0.29, 0.717) is 6.07 Å². The van der Waals surface area contributed by atoms with Crippen molar-refractivity contribution in [3.63, 3.8) is 0 Å². The first-order valence-electron chi connectivity index (χ1n) is 5.00. The Kier molecular flexibility index (Phi) is 2.94. The van der Waals surface area contributed by atoms with Gasteiger partial charge in [0, 0.05) is 6.07 Å². The number of ether oxygens (including phenoxy) is 1. The number of alkyl halides is 3. The number of nitriles is 1. The second-order valence-electron chi connectivity index (χ2n) is 3.60. The molecule has 0 unspecified atom stereocenters. The maximum atomic E-state index is 12.5. The molecule has 0 amide bonds. The van der Waals surface area contributed by atoms with Gasteiger partial charge in [0.15, 0.2) is 5.43 Å². The minimum atomic E-state index is -4.76. The third-order valence-electron chi connectivity index (χ3n) is 2.47. The van der Waals surface area contributed by atoms with Crippen LogP contribution in [0.25, 0.3) is 11.0 Å². The van der Waals surface area contributed by atoms with Gasteiger partial charge in [-0.2, -0.15) is 18.4 Å². The normalized spacial score (nSPS) is 11.3. The van der Waals surface area contributed by atoms with Gasteiger partial charge >= 0.3 is 6.18 Å². The van der Waals surface area contributed by atoms with E-state index in [1.807, 2.05) is 0 Å². The second-order valence-corrected chi connectivity index (χ2v) is 3.60. The fraction of sp³-hybridized carbons (Fsp3) is 0.167. The van der Waals surface area contributed by atoms with Gasteiger partial charge < -0.3 is 9.15 Å². The summed E-state index contributed by atoms with van der Waals surface area (Å²) in [6, 6.07) is 4.47. The van der Waals surface area contributed by atoms with Crippen LogP contribution in [0.3, 0.4) is 0 Å². The summed E-state index contributed by atoms with van der Waals surface area (Å²) in [4.78, 5) is 11.7. The van der Waals surface area contributed by atoms with Crippen LogP contribution < -0.4 is 10.2 Å². The van der Waals surface area contributed by atoms with Crippen LogP contribution in [-0.2, 0) is 6.18 Å². The monoisotopic (exact) mass is 269 g/mol. The quantitative estimate of drug-likeness (QED) is 0.798.